The van der Waals surface area contributed by atoms with Crippen molar-refractivity contribution >= 4 is 22.7 Å². The minimum atomic E-state index is -0.454. The molecule has 166 valence electrons. The highest BCUT2D eigenvalue weighted by atomic mass is 16.2. The molecular weight excluding hydrogens is 412 g/mol. The quantitative estimate of drug-likeness (QED) is 0.487. The fraction of sp³-hybridized carbons (Fsp3) is 0.222. The summed E-state index contributed by atoms with van der Waals surface area (Å²) in [5, 5.41) is 1.10. The average molecular weight is 439 g/mol. The summed E-state index contributed by atoms with van der Waals surface area (Å²) in [6.07, 6.45) is 4.28. The Balaban J connectivity index is 1.32. The molecule has 0 radical (unpaired) electrons. The maximum Gasteiger partial charge on any atom is 0.248 e. The first-order chi connectivity index (χ1) is 16.1. The van der Waals surface area contributed by atoms with Crippen LogP contribution in [0.4, 0.5) is 0 Å². The van der Waals surface area contributed by atoms with Crippen molar-refractivity contribution in [2.75, 3.05) is 13.1 Å². The monoisotopic (exact) mass is 438 g/mol. The van der Waals surface area contributed by atoms with E-state index in [4.69, 9.17) is 10.7 Å². The molecule has 0 saturated carbocycles. The fourth-order valence-electron chi connectivity index (χ4n) is 4.67. The van der Waals surface area contributed by atoms with E-state index < -0.39 is 5.91 Å². The van der Waals surface area contributed by atoms with Crippen LogP contribution in [0, 0.1) is 0 Å². The topological polar surface area (TPSA) is 92.1 Å². The number of aromatic nitrogens is 2. The Kier molecular flexibility index (Phi) is 5.65. The maximum absolute atomic E-state index is 13.1. The van der Waals surface area contributed by atoms with Gasteiger partial charge < -0.3 is 15.6 Å². The van der Waals surface area contributed by atoms with Crippen molar-refractivity contribution in [1.29, 1.82) is 0 Å². The van der Waals surface area contributed by atoms with Gasteiger partial charge in [0, 0.05) is 52.9 Å². The molecule has 0 aliphatic carbocycles. The van der Waals surface area contributed by atoms with Crippen LogP contribution in [0.1, 0.15) is 40.4 Å². The lowest BCUT2D eigenvalue weighted by molar-refractivity contribution is -0.131. The van der Waals surface area contributed by atoms with Crippen molar-refractivity contribution in [1.82, 2.24) is 14.9 Å². The zero-order valence-electron chi connectivity index (χ0n) is 18.3. The zero-order valence-corrected chi connectivity index (χ0v) is 18.3. The molecule has 1 fully saturated rings. The van der Waals surface area contributed by atoms with Crippen molar-refractivity contribution in [2.24, 2.45) is 5.73 Å². The molecule has 0 bridgehead atoms. The van der Waals surface area contributed by atoms with E-state index in [1.807, 2.05) is 59.6 Å². The largest absolute Gasteiger partial charge is 0.366 e. The molecule has 3 N–H and O–H groups in total. The number of benzene rings is 2. The van der Waals surface area contributed by atoms with Gasteiger partial charge in [0.15, 0.2) is 0 Å². The molecule has 1 aliphatic heterocycles. The number of hydrogen-bond acceptors (Lipinski definition) is 3. The molecule has 33 heavy (non-hydrogen) atoms. The summed E-state index contributed by atoms with van der Waals surface area (Å²) in [7, 11) is 0. The number of amides is 2. The molecule has 4 aromatic rings. The summed E-state index contributed by atoms with van der Waals surface area (Å²) in [5.74, 6) is -0.121. The third-order valence-corrected chi connectivity index (χ3v) is 6.42. The van der Waals surface area contributed by atoms with E-state index in [1.54, 1.807) is 12.1 Å². The number of para-hydroxylation sites is 1. The molecule has 2 aromatic heterocycles. The van der Waals surface area contributed by atoms with Crippen LogP contribution in [0.3, 0.4) is 0 Å². The van der Waals surface area contributed by atoms with Gasteiger partial charge in [0.05, 0.1) is 12.1 Å². The Labute approximate surface area is 192 Å². The van der Waals surface area contributed by atoms with Gasteiger partial charge in [-0.2, -0.15) is 0 Å². The van der Waals surface area contributed by atoms with Gasteiger partial charge in [-0.15, -0.1) is 0 Å². The van der Waals surface area contributed by atoms with Gasteiger partial charge in [-0.05, 0) is 48.7 Å². The van der Waals surface area contributed by atoms with Crippen LogP contribution < -0.4 is 5.73 Å². The number of H-pyrrole nitrogens is 1. The molecule has 1 unspecified atom stereocenters. The van der Waals surface area contributed by atoms with E-state index in [0.29, 0.717) is 18.5 Å². The fourth-order valence-corrected chi connectivity index (χ4v) is 4.67. The number of fused-ring (bicyclic) bond motifs is 1. The summed E-state index contributed by atoms with van der Waals surface area (Å²) in [6.45, 7) is 1.44. The number of nitrogens with two attached hydrogens (primary N) is 1. The number of nitrogens with one attached hydrogen (secondary N) is 1. The number of piperidine rings is 1. The van der Waals surface area contributed by atoms with E-state index in [0.717, 1.165) is 52.8 Å². The van der Waals surface area contributed by atoms with E-state index >= 15 is 0 Å². The number of pyridine rings is 1. The highest BCUT2D eigenvalue weighted by Gasteiger charge is 2.26. The summed E-state index contributed by atoms with van der Waals surface area (Å²) >= 11 is 0. The molecule has 2 aromatic carbocycles. The normalized spacial score (nSPS) is 16.1. The molecule has 6 heteroatoms. The van der Waals surface area contributed by atoms with Crippen LogP contribution in [0.25, 0.3) is 22.2 Å². The van der Waals surface area contributed by atoms with Crippen molar-refractivity contribution in [3.63, 3.8) is 0 Å². The van der Waals surface area contributed by atoms with Gasteiger partial charge in [-0.1, -0.05) is 36.4 Å². The SMILES string of the molecule is NC(=O)c1cccc(-c2cccc(C3CCCN(C(=O)Cc4c[nH]c5ccccc45)C3)n2)c1. The number of carbonyl (C=O) groups excluding carboxylic acids is 2. The molecule has 1 saturated heterocycles. The Morgan fingerprint density at radius 1 is 1.06 bits per heavy atom. The summed E-state index contributed by atoms with van der Waals surface area (Å²) in [4.78, 5) is 34.8. The van der Waals surface area contributed by atoms with Crippen molar-refractivity contribution in [3.8, 4) is 11.3 Å². The first-order valence-corrected chi connectivity index (χ1v) is 11.3. The number of likely N-dealkylation sites (tertiary alicyclic amines) is 1. The molecule has 5 rings (SSSR count). The number of carbonyl (C=O) groups is 2. The van der Waals surface area contributed by atoms with E-state index in [9.17, 15) is 9.59 Å². The lowest BCUT2D eigenvalue weighted by Gasteiger charge is -2.32. The molecule has 1 aliphatic rings. The molecule has 6 nitrogen and oxygen atoms in total. The summed E-state index contributed by atoms with van der Waals surface area (Å²) in [6, 6.07) is 21.2. The number of aromatic amines is 1. The van der Waals surface area contributed by atoms with Crippen LogP contribution >= 0.6 is 0 Å². The van der Waals surface area contributed by atoms with E-state index in [2.05, 4.69) is 11.1 Å². The van der Waals surface area contributed by atoms with Gasteiger partial charge in [0.1, 0.15) is 0 Å². The standard InChI is InChI=1S/C27H26N4O2/c28-27(33)19-7-3-6-18(14-19)23-11-4-12-24(30-23)20-8-5-13-31(17-20)26(32)15-21-16-29-25-10-2-1-9-22(21)25/h1-4,6-7,9-12,14,16,20,29H,5,8,13,15,17H2,(H2,28,33). The maximum atomic E-state index is 13.1. The predicted octanol–water partition coefficient (Wildman–Crippen LogP) is 4.28. The highest BCUT2D eigenvalue weighted by Crippen LogP contribution is 2.29. The smallest absolute Gasteiger partial charge is 0.248 e. The van der Waals surface area contributed by atoms with Crippen LogP contribution in [-0.2, 0) is 11.2 Å². The van der Waals surface area contributed by atoms with E-state index in [-0.39, 0.29) is 11.8 Å². The van der Waals surface area contributed by atoms with E-state index in [1.165, 1.54) is 0 Å². The average Bonchev–Trinajstić information content (AvgIpc) is 3.27. The second-order valence-electron chi connectivity index (χ2n) is 8.61. The first kappa shape index (κ1) is 20.9. The first-order valence-electron chi connectivity index (χ1n) is 11.3. The summed E-state index contributed by atoms with van der Waals surface area (Å²) < 4.78 is 0. The number of nitrogens with zero attached hydrogens (tertiary/aromatic N) is 2. The Morgan fingerprint density at radius 3 is 2.79 bits per heavy atom. The lowest BCUT2D eigenvalue weighted by Crippen LogP contribution is -2.40. The van der Waals surface area contributed by atoms with Gasteiger partial charge in [-0.25, -0.2) is 0 Å². The highest BCUT2D eigenvalue weighted by molar-refractivity contribution is 5.94. The second-order valence-corrected chi connectivity index (χ2v) is 8.61. The third kappa shape index (κ3) is 4.37. The Morgan fingerprint density at radius 2 is 1.91 bits per heavy atom. The molecule has 2 amide bonds. The predicted molar refractivity (Wildman–Crippen MR) is 129 cm³/mol. The molecule has 0 spiro atoms. The van der Waals surface area contributed by atoms with Gasteiger partial charge >= 0.3 is 0 Å². The van der Waals surface area contributed by atoms with Gasteiger partial charge in [0.2, 0.25) is 11.8 Å². The second kappa shape index (κ2) is 8.90. The molecular formula is C27H26N4O2. The summed E-state index contributed by atoms with van der Waals surface area (Å²) in [5.41, 5.74) is 10.6. The van der Waals surface area contributed by atoms with Gasteiger partial charge in [0.25, 0.3) is 0 Å². The number of rotatable bonds is 5. The molecule has 1 atom stereocenters. The van der Waals surface area contributed by atoms with Crippen molar-refractivity contribution in [2.45, 2.75) is 25.2 Å². The minimum absolute atomic E-state index is 0.148. The van der Waals surface area contributed by atoms with Crippen LogP contribution in [-0.4, -0.2) is 39.8 Å². The van der Waals surface area contributed by atoms with Gasteiger partial charge in [-0.3, -0.25) is 14.6 Å². The van der Waals surface area contributed by atoms with Crippen LogP contribution in [0.15, 0.2) is 72.9 Å². The number of primary amides is 1. The zero-order chi connectivity index (χ0) is 22.8. The third-order valence-electron chi connectivity index (χ3n) is 6.42. The lowest BCUT2D eigenvalue weighted by atomic mass is 9.93. The Hall–Kier alpha value is -3.93. The minimum Gasteiger partial charge on any atom is -0.366 e. The number of hydrogen-bond donors (Lipinski definition) is 2. The van der Waals surface area contributed by atoms with Crippen molar-refractivity contribution < 1.29 is 9.59 Å². The van der Waals surface area contributed by atoms with Crippen molar-refractivity contribution in [3.05, 3.63) is 89.7 Å². The Bertz CT molecular complexity index is 1330. The van der Waals surface area contributed by atoms with Crippen LogP contribution in [0.5, 0.6) is 0 Å². The molecule has 3 heterocycles. The van der Waals surface area contributed by atoms with Crippen LogP contribution in [0.2, 0.25) is 0 Å².